The van der Waals surface area contributed by atoms with Gasteiger partial charge in [-0.05, 0) is 20.3 Å². The number of hydrogen-bond acceptors (Lipinski definition) is 1. The van der Waals surface area contributed by atoms with E-state index in [1.54, 1.807) is 6.08 Å². The van der Waals surface area contributed by atoms with Gasteiger partial charge in [0.2, 0.25) is 0 Å². The van der Waals surface area contributed by atoms with Crippen LogP contribution in [0, 0.1) is 0 Å². The van der Waals surface area contributed by atoms with Gasteiger partial charge >= 0.3 is 0 Å². The number of allylic oxidation sites excluding steroid dienone is 2. The highest BCUT2D eigenvalue weighted by Gasteiger charge is 1.92. The van der Waals surface area contributed by atoms with Crippen molar-refractivity contribution in [1.82, 2.24) is 0 Å². The Morgan fingerprint density at radius 3 is 2.67 bits per heavy atom. The topological polar surface area (TPSA) is 26.0 Å². The van der Waals surface area contributed by atoms with Gasteiger partial charge in [0.1, 0.15) is 0 Å². The lowest BCUT2D eigenvalue weighted by Crippen LogP contribution is -2.14. The summed E-state index contributed by atoms with van der Waals surface area (Å²) in [4.78, 5) is 0. The molecule has 1 atom stereocenters. The molecule has 1 heteroatoms. The van der Waals surface area contributed by atoms with Crippen molar-refractivity contribution < 1.29 is 0 Å². The fourth-order valence-corrected chi connectivity index (χ4v) is 0.777. The molecule has 0 aromatic carbocycles. The molecule has 0 fully saturated rings. The molecule has 1 unspecified atom stereocenters. The van der Waals surface area contributed by atoms with E-state index in [4.69, 9.17) is 5.73 Å². The average molecular weight is 125 g/mol. The van der Waals surface area contributed by atoms with Crippen molar-refractivity contribution in [3.05, 3.63) is 24.3 Å². The lowest BCUT2D eigenvalue weighted by atomic mass is 10.1. The average Bonchev–Trinajstić information content (AvgIpc) is 1.63. The van der Waals surface area contributed by atoms with Crippen LogP contribution in [0.3, 0.4) is 0 Å². The molecule has 52 valence electrons. The predicted octanol–water partition coefficient (Wildman–Crippen LogP) is 1.86. The minimum atomic E-state index is 0.265. The van der Waals surface area contributed by atoms with Crippen LogP contribution in [0.2, 0.25) is 0 Å². The van der Waals surface area contributed by atoms with Crippen LogP contribution in [0.15, 0.2) is 24.3 Å². The summed E-state index contributed by atoms with van der Waals surface area (Å²) in [5.41, 5.74) is 6.84. The molecule has 0 aliphatic heterocycles. The summed E-state index contributed by atoms with van der Waals surface area (Å²) in [5.74, 6) is 0. The van der Waals surface area contributed by atoms with Crippen LogP contribution in [-0.2, 0) is 0 Å². The van der Waals surface area contributed by atoms with Crippen LogP contribution in [0.5, 0.6) is 0 Å². The fourth-order valence-electron chi connectivity index (χ4n) is 0.777. The van der Waals surface area contributed by atoms with E-state index in [1.165, 1.54) is 5.57 Å². The Bertz CT molecular complexity index is 112. The summed E-state index contributed by atoms with van der Waals surface area (Å²) in [6.07, 6.45) is 4.74. The van der Waals surface area contributed by atoms with Crippen molar-refractivity contribution in [2.45, 2.75) is 26.3 Å². The van der Waals surface area contributed by atoms with Gasteiger partial charge in [0.15, 0.2) is 0 Å². The van der Waals surface area contributed by atoms with Crippen molar-refractivity contribution in [2.24, 2.45) is 5.73 Å². The van der Waals surface area contributed by atoms with E-state index in [1.807, 2.05) is 13.0 Å². The van der Waals surface area contributed by atoms with Gasteiger partial charge in [-0.3, -0.25) is 0 Å². The Labute approximate surface area is 57.3 Å². The minimum absolute atomic E-state index is 0.265. The van der Waals surface area contributed by atoms with Crippen LogP contribution in [0.25, 0.3) is 0 Å². The van der Waals surface area contributed by atoms with E-state index < -0.39 is 0 Å². The molecule has 9 heavy (non-hydrogen) atoms. The van der Waals surface area contributed by atoms with Gasteiger partial charge < -0.3 is 5.73 Å². The maximum atomic E-state index is 5.55. The molecule has 1 nitrogen and oxygen atoms in total. The summed E-state index contributed by atoms with van der Waals surface area (Å²) >= 11 is 0. The van der Waals surface area contributed by atoms with Gasteiger partial charge in [-0.2, -0.15) is 0 Å². The molecule has 0 spiro atoms. The number of nitrogens with two attached hydrogens (primary N) is 1. The Morgan fingerprint density at radius 1 is 1.78 bits per heavy atom. The monoisotopic (exact) mass is 125 g/mol. The van der Waals surface area contributed by atoms with Crippen LogP contribution >= 0.6 is 0 Å². The van der Waals surface area contributed by atoms with Gasteiger partial charge in [0.05, 0.1) is 0 Å². The lowest BCUT2D eigenvalue weighted by molar-refractivity contribution is 0.731. The Morgan fingerprint density at radius 2 is 2.33 bits per heavy atom. The maximum Gasteiger partial charge on any atom is 0.00476 e. The summed E-state index contributed by atoms with van der Waals surface area (Å²) in [6.45, 7) is 7.65. The quantitative estimate of drug-likeness (QED) is 0.572. The van der Waals surface area contributed by atoms with Gasteiger partial charge in [-0.1, -0.05) is 24.3 Å². The second-order valence-corrected chi connectivity index (χ2v) is 2.43. The zero-order valence-corrected chi connectivity index (χ0v) is 6.22. The predicted molar refractivity (Wildman–Crippen MR) is 42.2 cm³/mol. The van der Waals surface area contributed by atoms with Crippen molar-refractivity contribution >= 4 is 0 Å². The van der Waals surface area contributed by atoms with Crippen LogP contribution < -0.4 is 5.73 Å². The molecule has 0 heterocycles. The molecule has 0 aliphatic carbocycles. The maximum absolute atomic E-state index is 5.55. The van der Waals surface area contributed by atoms with E-state index in [2.05, 4.69) is 13.5 Å². The fraction of sp³-hybridized carbons (Fsp3) is 0.500. The molecule has 0 aliphatic rings. The first-order valence-electron chi connectivity index (χ1n) is 3.20. The van der Waals surface area contributed by atoms with E-state index >= 15 is 0 Å². The molecule has 0 bridgehead atoms. The van der Waals surface area contributed by atoms with Crippen molar-refractivity contribution in [3.8, 4) is 0 Å². The first-order chi connectivity index (χ1) is 4.16. The summed E-state index contributed by atoms with van der Waals surface area (Å²) < 4.78 is 0. The lowest BCUT2D eigenvalue weighted by Gasteiger charge is -2.02. The van der Waals surface area contributed by atoms with Crippen LogP contribution in [0.1, 0.15) is 20.3 Å². The van der Waals surface area contributed by atoms with Crippen LogP contribution in [-0.4, -0.2) is 6.04 Å². The second kappa shape index (κ2) is 4.33. The molecule has 2 N–H and O–H groups in total. The van der Waals surface area contributed by atoms with Gasteiger partial charge in [-0.25, -0.2) is 0 Å². The molecule has 0 saturated heterocycles. The van der Waals surface area contributed by atoms with Crippen molar-refractivity contribution in [2.75, 3.05) is 0 Å². The summed E-state index contributed by atoms with van der Waals surface area (Å²) in [6, 6.07) is 0.265. The third kappa shape index (κ3) is 5.31. The molecule has 0 radical (unpaired) electrons. The standard InChI is InChI=1S/C8H15N/c1-4-5-7(2)6-8(3)9/h4-5,8H,1,6,9H2,2-3H3/b7-5-. The highest BCUT2D eigenvalue weighted by molar-refractivity contribution is 5.08. The normalized spacial score (nSPS) is 15.2. The van der Waals surface area contributed by atoms with Crippen molar-refractivity contribution in [3.63, 3.8) is 0 Å². The zero-order chi connectivity index (χ0) is 7.28. The Hall–Kier alpha value is -0.560. The molecule has 0 amide bonds. The smallest absolute Gasteiger partial charge is 0.00476 e. The van der Waals surface area contributed by atoms with Gasteiger partial charge in [-0.15, -0.1) is 0 Å². The number of rotatable bonds is 3. The largest absolute Gasteiger partial charge is 0.328 e. The second-order valence-electron chi connectivity index (χ2n) is 2.43. The molecular weight excluding hydrogens is 110 g/mol. The third-order valence-electron chi connectivity index (χ3n) is 1.05. The summed E-state index contributed by atoms with van der Waals surface area (Å²) in [7, 11) is 0. The van der Waals surface area contributed by atoms with Crippen molar-refractivity contribution in [1.29, 1.82) is 0 Å². The summed E-state index contributed by atoms with van der Waals surface area (Å²) in [5, 5.41) is 0. The number of hydrogen-bond donors (Lipinski definition) is 1. The van der Waals surface area contributed by atoms with Gasteiger partial charge in [0, 0.05) is 6.04 Å². The van der Waals surface area contributed by atoms with E-state index in [-0.39, 0.29) is 6.04 Å². The van der Waals surface area contributed by atoms with E-state index in [0.717, 1.165) is 6.42 Å². The minimum Gasteiger partial charge on any atom is -0.328 e. The van der Waals surface area contributed by atoms with Crippen LogP contribution in [0.4, 0.5) is 0 Å². The van der Waals surface area contributed by atoms with Gasteiger partial charge in [0.25, 0.3) is 0 Å². The molecule has 0 saturated carbocycles. The Balaban J connectivity index is 3.61. The molecule has 0 aromatic rings. The zero-order valence-electron chi connectivity index (χ0n) is 6.22. The van der Waals surface area contributed by atoms with E-state index in [0.29, 0.717) is 0 Å². The Kier molecular flexibility index (Phi) is 4.06. The molecule has 0 rings (SSSR count). The highest BCUT2D eigenvalue weighted by atomic mass is 14.6. The SMILES string of the molecule is C=C/C=C(/C)CC(C)N. The third-order valence-corrected chi connectivity index (χ3v) is 1.05. The first kappa shape index (κ1) is 8.44. The molecular formula is C8H15N. The first-order valence-corrected chi connectivity index (χ1v) is 3.20. The van der Waals surface area contributed by atoms with E-state index in [9.17, 15) is 0 Å². The molecule has 0 aromatic heterocycles. The highest BCUT2D eigenvalue weighted by Crippen LogP contribution is 2.01.